The molecule has 0 aliphatic rings. The van der Waals surface area contributed by atoms with Crippen LogP contribution >= 0.6 is 0 Å². The number of hydrogen-bond acceptors (Lipinski definition) is 2. The summed E-state index contributed by atoms with van der Waals surface area (Å²) in [6.45, 7) is 4.04. The van der Waals surface area contributed by atoms with Crippen molar-refractivity contribution in [2.45, 2.75) is 30.9 Å². The molecule has 0 amide bonds. The van der Waals surface area contributed by atoms with Crippen molar-refractivity contribution < 1.29 is 12.8 Å². The molecule has 3 aromatic rings. The Labute approximate surface area is 154 Å². The Morgan fingerprint density at radius 1 is 0.808 bits per heavy atom. The van der Waals surface area contributed by atoms with E-state index in [2.05, 4.69) is 6.92 Å². The molecule has 0 radical (unpaired) electrons. The molecule has 2 nitrogen and oxygen atoms in total. The van der Waals surface area contributed by atoms with Gasteiger partial charge in [-0.05, 0) is 65.4 Å². The van der Waals surface area contributed by atoms with Crippen molar-refractivity contribution in [1.29, 1.82) is 0 Å². The summed E-state index contributed by atoms with van der Waals surface area (Å²) in [5.74, 6) is -0.305. The van der Waals surface area contributed by atoms with Gasteiger partial charge >= 0.3 is 0 Å². The van der Waals surface area contributed by atoms with Crippen molar-refractivity contribution in [3.8, 4) is 11.1 Å². The van der Waals surface area contributed by atoms with E-state index >= 15 is 0 Å². The molecule has 0 saturated carbocycles. The van der Waals surface area contributed by atoms with Crippen LogP contribution in [-0.4, -0.2) is 8.42 Å². The summed E-state index contributed by atoms with van der Waals surface area (Å²) in [5, 5.41) is 0. The first-order chi connectivity index (χ1) is 12.4. The summed E-state index contributed by atoms with van der Waals surface area (Å²) in [5.41, 5.74) is 4.76. The molecule has 134 valence electrons. The van der Waals surface area contributed by atoms with E-state index in [4.69, 9.17) is 0 Å². The number of rotatable bonds is 5. The van der Waals surface area contributed by atoms with Crippen molar-refractivity contribution in [2.24, 2.45) is 0 Å². The van der Waals surface area contributed by atoms with Gasteiger partial charge in [0.15, 0.2) is 9.84 Å². The maximum atomic E-state index is 13.0. The molecular formula is C22H21FO2S. The topological polar surface area (TPSA) is 34.1 Å². The van der Waals surface area contributed by atoms with Crippen molar-refractivity contribution in [2.75, 3.05) is 0 Å². The van der Waals surface area contributed by atoms with Crippen LogP contribution in [0.25, 0.3) is 11.1 Å². The number of halogens is 1. The van der Waals surface area contributed by atoms with Gasteiger partial charge in [0.2, 0.25) is 0 Å². The van der Waals surface area contributed by atoms with Crippen LogP contribution in [0.3, 0.4) is 0 Å². The molecule has 0 unspecified atom stereocenters. The number of aryl methyl sites for hydroxylation is 1. The minimum absolute atomic E-state index is 0.0113. The van der Waals surface area contributed by atoms with E-state index in [0.29, 0.717) is 4.90 Å². The van der Waals surface area contributed by atoms with Gasteiger partial charge < -0.3 is 0 Å². The Hall–Kier alpha value is -2.46. The molecule has 0 aliphatic carbocycles. The third-order valence-electron chi connectivity index (χ3n) is 4.68. The lowest BCUT2D eigenvalue weighted by atomic mass is 10.0. The van der Waals surface area contributed by atoms with E-state index in [0.717, 1.165) is 28.7 Å². The van der Waals surface area contributed by atoms with E-state index < -0.39 is 9.84 Å². The molecule has 3 rings (SSSR count). The Morgan fingerprint density at radius 2 is 1.35 bits per heavy atom. The predicted molar refractivity (Wildman–Crippen MR) is 103 cm³/mol. The fraction of sp³-hybridized carbons (Fsp3) is 0.182. The third-order valence-corrected chi connectivity index (χ3v) is 6.36. The van der Waals surface area contributed by atoms with E-state index in [-0.39, 0.29) is 11.6 Å². The highest BCUT2D eigenvalue weighted by atomic mass is 32.2. The second-order valence-electron chi connectivity index (χ2n) is 6.35. The first-order valence-corrected chi connectivity index (χ1v) is 10.2. The minimum Gasteiger partial charge on any atom is -0.223 e. The van der Waals surface area contributed by atoms with Gasteiger partial charge in [0.05, 0.1) is 10.6 Å². The standard InChI is InChI=1S/C22H21FO2S/c1-3-17-5-4-6-20(16(17)2)15-26(24,25)22-13-9-19(10-14-22)18-7-11-21(23)12-8-18/h4-14H,3,15H2,1-2H3. The van der Waals surface area contributed by atoms with E-state index in [1.165, 1.54) is 17.7 Å². The highest BCUT2D eigenvalue weighted by Gasteiger charge is 2.17. The Morgan fingerprint density at radius 3 is 1.92 bits per heavy atom. The van der Waals surface area contributed by atoms with Crippen molar-refractivity contribution in [3.05, 3.63) is 89.2 Å². The molecular weight excluding hydrogens is 347 g/mol. The van der Waals surface area contributed by atoms with E-state index in [1.807, 2.05) is 25.1 Å². The highest BCUT2D eigenvalue weighted by Crippen LogP contribution is 2.25. The van der Waals surface area contributed by atoms with Crippen molar-refractivity contribution >= 4 is 9.84 Å². The van der Waals surface area contributed by atoms with Crippen LogP contribution in [0.1, 0.15) is 23.6 Å². The first kappa shape index (κ1) is 18.3. The van der Waals surface area contributed by atoms with Crippen LogP contribution in [-0.2, 0) is 22.0 Å². The van der Waals surface area contributed by atoms with Crippen LogP contribution in [0.2, 0.25) is 0 Å². The molecule has 4 heteroatoms. The molecule has 0 heterocycles. The Balaban J connectivity index is 1.87. The monoisotopic (exact) mass is 368 g/mol. The molecule has 0 bridgehead atoms. The van der Waals surface area contributed by atoms with Crippen molar-refractivity contribution in [3.63, 3.8) is 0 Å². The average Bonchev–Trinajstić information content (AvgIpc) is 2.64. The van der Waals surface area contributed by atoms with Crippen LogP contribution in [0.15, 0.2) is 71.6 Å². The first-order valence-electron chi connectivity index (χ1n) is 8.57. The maximum absolute atomic E-state index is 13.0. The second kappa shape index (κ2) is 7.42. The van der Waals surface area contributed by atoms with Crippen LogP contribution in [0, 0.1) is 12.7 Å². The van der Waals surface area contributed by atoms with Gasteiger partial charge in [0.25, 0.3) is 0 Å². The fourth-order valence-electron chi connectivity index (χ4n) is 3.06. The smallest absolute Gasteiger partial charge is 0.182 e. The fourth-order valence-corrected chi connectivity index (χ4v) is 4.50. The number of hydrogen-bond donors (Lipinski definition) is 0. The zero-order valence-electron chi connectivity index (χ0n) is 14.9. The van der Waals surface area contributed by atoms with Gasteiger partial charge in [0, 0.05) is 0 Å². The zero-order chi connectivity index (χ0) is 18.7. The third kappa shape index (κ3) is 3.86. The van der Waals surface area contributed by atoms with Crippen LogP contribution < -0.4 is 0 Å². The lowest BCUT2D eigenvalue weighted by molar-refractivity contribution is 0.595. The van der Waals surface area contributed by atoms with Gasteiger partial charge in [-0.2, -0.15) is 0 Å². The van der Waals surface area contributed by atoms with E-state index in [9.17, 15) is 12.8 Å². The summed E-state index contributed by atoms with van der Waals surface area (Å²) in [6, 6.07) is 18.7. The zero-order valence-corrected chi connectivity index (χ0v) is 15.7. The molecule has 0 spiro atoms. The molecule has 26 heavy (non-hydrogen) atoms. The molecule has 0 atom stereocenters. The van der Waals surface area contributed by atoms with Gasteiger partial charge in [-0.15, -0.1) is 0 Å². The summed E-state index contributed by atoms with van der Waals surface area (Å²) >= 11 is 0. The lowest BCUT2D eigenvalue weighted by Gasteiger charge is -2.11. The maximum Gasteiger partial charge on any atom is 0.182 e. The van der Waals surface area contributed by atoms with Gasteiger partial charge in [0.1, 0.15) is 5.82 Å². The number of sulfone groups is 1. The Kier molecular flexibility index (Phi) is 5.23. The normalized spacial score (nSPS) is 11.5. The van der Waals surface area contributed by atoms with Crippen LogP contribution in [0.5, 0.6) is 0 Å². The summed E-state index contributed by atoms with van der Waals surface area (Å²) in [6.07, 6.45) is 0.881. The molecule has 0 aromatic heterocycles. The van der Waals surface area contributed by atoms with Gasteiger partial charge in [-0.25, -0.2) is 12.8 Å². The SMILES string of the molecule is CCc1cccc(CS(=O)(=O)c2ccc(-c3ccc(F)cc3)cc2)c1C. The molecule has 0 saturated heterocycles. The lowest BCUT2D eigenvalue weighted by Crippen LogP contribution is -2.07. The molecule has 0 aliphatic heterocycles. The quantitative estimate of drug-likeness (QED) is 0.609. The van der Waals surface area contributed by atoms with Crippen LogP contribution in [0.4, 0.5) is 4.39 Å². The number of benzene rings is 3. The Bertz CT molecular complexity index is 1010. The van der Waals surface area contributed by atoms with Gasteiger partial charge in [-0.3, -0.25) is 0 Å². The molecule has 3 aromatic carbocycles. The second-order valence-corrected chi connectivity index (χ2v) is 8.33. The van der Waals surface area contributed by atoms with Crippen molar-refractivity contribution in [1.82, 2.24) is 0 Å². The molecule has 0 fully saturated rings. The average molecular weight is 368 g/mol. The summed E-state index contributed by atoms with van der Waals surface area (Å²) in [4.78, 5) is 0.296. The largest absolute Gasteiger partial charge is 0.223 e. The predicted octanol–water partition coefficient (Wildman–Crippen LogP) is 5.34. The highest BCUT2D eigenvalue weighted by molar-refractivity contribution is 7.90. The van der Waals surface area contributed by atoms with E-state index in [1.54, 1.807) is 36.4 Å². The summed E-state index contributed by atoms with van der Waals surface area (Å²) < 4.78 is 38.6. The molecule has 0 N–H and O–H groups in total. The van der Waals surface area contributed by atoms with Gasteiger partial charge in [-0.1, -0.05) is 49.4 Å². The summed E-state index contributed by atoms with van der Waals surface area (Å²) in [7, 11) is -3.43. The minimum atomic E-state index is -3.43.